The molecule has 2 aromatic carbocycles. The van der Waals surface area contributed by atoms with Crippen LogP contribution in [0.1, 0.15) is 28.4 Å². The molecular formula is C25H20N4O2. The van der Waals surface area contributed by atoms with Gasteiger partial charge in [-0.25, -0.2) is 4.79 Å². The molecule has 2 unspecified atom stereocenters. The first kappa shape index (κ1) is 17.9. The predicted octanol–water partition coefficient (Wildman–Crippen LogP) is 4.04. The second-order valence-corrected chi connectivity index (χ2v) is 8.07. The summed E-state index contributed by atoms with van der Waals surface area (Å²) in [5.41, 5.74) is 5.03. The minimum atomic E-state index is -0.508. The van der Waals surface area contributed by atoms with Crippen molar-refractivity contribution in [2.24, 2.45) is 0 Å². The minimum Gasteiger partial charge on any atom is -0.356 e. The van der Waals surface area contributed by atoms with E-state index in [0.717, 1.165) is 33.3 Å². The van der Waals surface area contributed by atoms with Crippen LogP contribution in [0.25, 0.3) is 10.9 Å². The van der Waals surface area contributed by atoms with E-state index in [9.17, 15) is 9.59 Å². The summed E-state index contributed by atoms with van der Waals surface area (Å²) >= 11 is 0. The molecule has 1 N–H and O–H groups in total. The van der Waals surface area contributed by atoms with Gasteiger partial charge in [0.05, 0.1) is 6.54 Å². The number of amides is 3. The quantitative estimate of drug-likeness (QED) is 0.520. The molecule has 2 atom stereocenters. The number of hydrogen-bond acceptors (Lipinski definition) is 3. The smallest absolute Gasteiger partial charge is 0.328 e. The lowest BCUT2D eigenvalue weighted by molar-refractivity contribution is -0.129. The Morgan fingerprint density at radius 1 is 0.935 bits per heavy atom. The van der Waals surface area contributed by atoms with Crippen LogP contribution in [-0.4, -0.2) is 37.7 Å². The van der Waals surface area contributed by atoms with Crippen molar-refractivity contribution >= 4 is 22.8 Å². The van der Waals surface area contributed by atoms with Crippen molar-refractivity contribution in [1.29, 1.82) is 0 Å². The van der Waals surface area contributed by atoms with Crippen molar-refractivity contribution in [2.45, 2.75) is 25.0 Å². The van der Waals surface area contributed by atoms with E-state index in [-0.39, 0.29) is 24.5 Å². The number of benzene rings is 2. The third kappa shape index (κ3) is 2.68. The highest BCUT2D eigenvalue weighted by Crippen LogP contribution is 2.44. The first-order valence-electron chi connectivity index (χ1n) is 10.4. The zero-order chi connectivity index (χ0) is 20.9. The molecule has 0 spiro atoms. The van der Waals surface area contributed by atoms with Gasteiger partial charge in [-0.3, -0.25) is 19.6 Å². The number of fused-ring (bicyclic) bond motifs is 4. The largest absolute Gasteiger partial charge is 0.356 e. The molecule has 1 fully saturated rings. The van der Waals surface area contributed by atoms with Crippen molar-refractivity contribution in [3.05, 3.63) is 102 Å². The maximum Gasteiger partial charge on any atom is 0.328 e. The SMILES string of the molecule is O=C1C2Cc3c([nH]c4ccccc34)C(c3ccccc3)N2C(=O)N1Cc1ccncc1. The first-order chi connectivity index (χ1) is 15.2. The predicted molar refractivity (Wildman–Crippen MR) is 116 cm³/mol. The zero-order valence-electron chi connectivity index (χ0n) is 16.7. The van der Waals surface area contributed by atoms with E-state index >= 15 is 0 Å². The number of nitrogens with zero attached hydrogens (tertiary/aromatic N) is 3. The maximum atomic E-state index is 13.6. The van der Waals surface area contributed by atoms with E-state index in [4.69, 9.17) is 0 Å². The molecule has 31 heavy (non-hydrogen) atoms. The normalized spacial score (nSPS) is 20.3. The van der Waals surface area contributed by atoms with Crippen molar-refractivity contribution in [3.8, 4) is 0 Å². The average molecular weight is 408 g/mol. The van der Waals surface area contributed by atoms with E-state index < -0.39 is 6.04 Å². The number of imide groups is 1. The van der Waals surface area contributed by atoms with Crippen molar-refractivity contribution in [1.82, 2.24) is 19.8 Å². The number of urea groups is 1. The van der Waals surface area contributed by atoms with Gasteiger partial charge < -0.3 is 4.98 Å². The standard InChI is InChI=1S/C25H20N4O2/c30-24-21-14-19-18-8-4-5-9-20(18)27-22(19)23(17-6-2-1-3-7-17)29(21)25(31)28(24)15-16-10-12-26-13-11-16/h1-13,21,23,27H,14-15H2. The van der Waals surface area contributed by atoms with Gasteiger partial charge in [0.25, 0.3) is 5.91 Å². The van der Waals surface area contributed by atoms with Gasteiger partial charge in [-0.1, -0.05) is 48.5 Å². The number of H-pyrrole nitrogens is 1. The van der Waals surface area contributed by atoms with E-state index in [2.05, 4.69) is 16.0 Å². The van der Waals surface area contributed by atoms with Crippen LogP contribution in [0.5, 0.6) is 0 Å². The lowest BCUT2D eigenvalue weighted by Crippen LogP contribution is -2.44. The number of pyridine rings is 1. The molecule has 6 rings (SSSR count). The summed E-state index contributed by atoms with van der Waals surface area (Å²) in [5.74, 6) is -0.140. The van der Waals surface area contributed by atoms with Gasteiger partial charge in [0.15, 0.2) is 0 Å². The number of carbonyl (C=O) groups excluding carboxylic acids is 2. The van der Waals surface area contributed by atoms with Crippen LogP contribution in [0.15, 0.2) is 79.1 Å². The average Bonchev–Trinajstić information content (AvgIpc) is 3.30. The molecule has 152 valence electrons. The van der Waals surface area contributed by atoms with Gasteiger partial charge in [-0.05, 0) is 34.9 Å². The van der Waals surface area contributed by atoms with Crippen LogP contribution in [-0.2, 0) is 17.8 Å². The molecule has 2 aliphatic heterocycles. The van der Waals surface area contributed by atoms with Crippen LogP contribution in [0, 0.1) is 0 Å². The Balaban J connectivity index is 1.49. The summed E-state index contributed by atoms with van der Waals surface area (Å²) in [6.07, 6.45) is 3.87. The number of carbonyl (C=O) groups is 2. The van der Waals surface area contributed by atoms with Gasteiger partial charge in [-0.2, -0.15) is 0 Å². The molecule has 1 saturated heterocycles. The molecule has 6 heteroatoms. The summed E-state index contributed by atoms with van der Waals surface area (Å²) in [7, 11) is 0. The van der Waals surface area contributed by atoms with Gasteiger partial charge in [-0.15, -0.1) is 0 Å². The Morgan fingerprint density at radius 3 is 2.48 bits per heavy atom. The number of aromatic nitrogens is 2. The van der Waals surface area contributed by atoms with Crippen molar-refractivity contribution < 1.29 is 9.59 Å². The third-order valence-electron chi connectivity index (χ3n) is 6.34. The number of nitrogens with one attached hydrogen (secondary N) is 1. The van der Waals surface area contributed by atoms with Gasteiger partial charge >= 0.3 is 6.03 Å². The summed E-state index contributed by atoms with van der Waals surface area (Å²) in [6, 6.07) is 20.7. The van der Waals surface area contributed by atoms with Crippen LogP contribution in [0.4, 0.5) is 4.79 Å². The highest BCUT2D eigenvalue weighted by Gasteiger charge is 2.52. The van der Waals surface area contributed by atoms with Crippen LogP contribution in [0.3, 0.4) is 0 Å². The Kier molecular flexibility index (Phi) is 3.93. The first-order valence-corrected chi connectivity index (χ1v) is 10.4. The molecule has 6 nitrogen and oxygen atoms in total. The van der Waals surface area contributed by atoms with Crippen LogP contribution in [0.2, 0.25) is 0 Å². The number of hydrogen-bond donors (Lipinski definition) is 1. The Bertz CT molecular complexity index is 1300. The molecule has 2 aliphatic rings. The lowest BCUT2D eigenvalue weighted by atomic mass is 9.89. The second-order valence-electron chi connectivity index (χ2n) is 8.07. The van der Waals surface area contributed by atoms with Crippen LogP contribution >= 0.6 is 0 Å². The van der Waals surface area contributed by atoms with Crippen LogP contribution < -0.4 is 0 Å². The monoisotopic (exact) mass is 408 g/mol. The van der Waals surface area contributed by atoms with Gasteiger partial charge in [0, 0.05) is 35.4 Å². The minimum absolute atomic E-state index is 0.140. The van der Waals surface area contributed by atoms with Crippen molar-refractivity contribution in [2.75, 3.05) is 0 Å². The van der Waals surface area contributed by atoms with E-state index in [1.807, 2.05) is 60.7 Å². The zero-order valence-corrected chi connectivity index (χ0v) is 16.7. The summed E-state index contributed by atoms with van der Waals surface area (Å²) in [4.78, 5) is 37.7. The Labute approximate surface area is 179 Å². The molecule has 0 aliphatic carbocycles. The fraction of sp³-hybridized carbons (Fsp3) is 0.160. The second kappa shape index (κ2) is 6.80. The highest BCUT2D eigenvalue weighted by atomic mass is 16.2. The summed E-state index contributed by atoms with van der Waals surface area (Å²) in [5, 5.41) is 1.12. The summed E-state index contributed by atoms with van der Waals surface area (Å²) in [6.45, 7) is 0.253. The molecule has 3 amide bonds. The molecule has 4 heterocycles. The Hall–Kier alpha value is -3.93. The molecule has 0 saturated carbocycles. The molecular weight excluding hydrogens is 388 g/mol. The van der Waals surface area contributed by atoms with Gasteiger partial charge in [0.1, 0.15) is 12.1 Å². The molecule has 4 aromatic rings. The lowest BCUT2D eigenvalue weighted by Gasteiger charge is -2.36. The molecule has 0 radical (unpaired) electrons. The van der Waals surface area contributed by atoms with Gasteiger partial charge in [0.2, 0.25) is 0 Å². The number of aromatic amines is 1. The molecule has 2 aromatic heterocycles. The van der Waals surface area contributed by atoms with Crippen molar-refractivity contribution in [3.63, 3.8) is 0 Å². The van der Waals surface area contributed by atoms with E-state index in [1.54, 1.807) is 17.3 Å². The fourth-order valence-corrected chi connectivity index (χ4v) is 4.93. The highest BCUT2D eigenvalue weighted by molar-refractivity contribution is 6.05. The Morgan fingerprint density at radius 2 is 1.68 bits per heavy atom. The number of para-hydroxylation sites is 1. The fourth-order valence-electron chi connectivity index (χ4n) is 4.93. The molecule has 0 bridgehead atoms. The summed E-state index contributed by atoms with van der Waals surface area (Å²) < 4.78 is 0. The van der Waals surface area contributed by atoms with E-state index in [0.29, 0.717) is 6.42 Å². The maximum absolute atomic E-state index is 13.6. The topological polar surface area (TPSA) is 69.3 Å². The third-order valence-corrected chi connectivity index (χ3v) is 6.34. The van der Waals surface area contributed by atoms with E-state index in [1.165, 1.54) is 4.90 Å². The number of rotatable bonds is 3.